The summed E-state index contributed by atoms with van der Waals surface area (Å²) >= 11 is 0. The molecule has 3 N–H and O–H groups in total. The molecule has 0 aromatic rings. The highest BCUT2D eigenvalue weighted by atomic mass is 32.2. The third-order valence-electron chi connectivity index (χ3n) is 5.13. The number of hydrogen-bond acceptors (Lipinski definition) is 3. The Labute approximate surface area is 144 Å². The third-order valence-corrected chi connectivity index (χ3v) is 6.81. The van der Waals surface area contributed by atoms with Crippen molar-refractivity contribution in [2.45, 2.75) is 110 Å². The maximum absolute atomic E-state index is 11.8. The first-order valence-corrected chi connectivity index (χ1v) is 10.8. The summed E-state index contributed by atoms with van der Waals surface area (Å²) in [7, 11) is -4.27. The normalized spacial score (nSPS) is 15.6. The van der Waals surface area contributed by atoms with E-state index in [0.717, 1.165) is 19.3 Å². The van der Waals surface area contributed by atoms with Crippen molar-refractivity contribution in [3.63, 3.8) is 0 Å². The van der Waals surface area contributed by atoms with Crippen LogP contribution < -0.4 is 5.73 Å². The number of nitrogens with two attached hydrogens (primary N) is 1. The minimum atomic E-state index is -4.27. The van der Waals surface area contributed by atoms with Crippen molar-refractivity contribution in [1.82, 2.24) is 0 Å². The largest absolute Gasteiger partial charge is 0.310 e. The Kier molecular flexibility index (Phi) is 10.6. The highest BCUT2D eigenvalue weighted by molar-refractivity contribution is 7.87. The number of hydrogen-bond donors (Lipinski definition) is 2. The van der Waals surface area contributed by atoms with Gasteiger partial charge >= 0.3 is 0 Å². The summed E-state index contributed by atoms with van der Waals surface area (Å²) in [6.45, 7) is 7.84. The van der Waals surface area contributed by atoms with E-state index in [-0.39, 0.29) is 6.42 Å². The lowest BCUT2D eigenvalue weighted by Crippen LogP contribution is -2.58. The van der Waals surface area contributed by atoms with Crippen LogP contribution in [-0.4, -0.2) is 17.8 Å². The zero-order valence-electron chi connectivity index (χ0n) is 15.7. The van der Waals surface area contributed by atoms with Crippen LogP contribution in [-0.2, 0) is 10.1 Å². The maximum Gasteiger partial charge on any atom is 0.284 e. The molecule has 0 saturated heterocycles. The van der Waals surface area contributed by atoms with Gasteiger partial charge in [0.25, 0.3) is 10.1 Å². The average Bonchev–Trinajstić information content (AvgIpc) is 2.44. The van der Waals surface area contributed by atoms with Gasteiger partial charge in [0, 0.05) is 0 Å². The van der Waals surface area contributed by atoms with E-state index in [1.165, 1.54) is 44.9 Å². The minimum absolute atomic E-state index is 0.288. The number of unbranched alkanes of at least 4 members (excludes halogenated alkanes) is 8. The second kappa shape index (κ2) is 10.7. The van der Waals surface area contributed by atoms with E-state index in [0.29, 0.717) is 6.42 Å². The Hall–Kier alpha value is -0.130. The van der Waals surface area contributed by atoms with Crippen molar-refractivity contribution in [3.8, 4) is 0 Å². The van der Waals surface area contributed by atoms with Gasteiger partial charge in [-0.2, -0.15) is 8.42 Å². The van der Waals surface area contributed by atoms with Crippen LogP contribution in [0.4, 0.5) is 0 Å². The first-order valence-electron chi connectivity index (χ1n) is 9.38. The second-order valence-electron chi connectivity index (χ2n) is 7.58. The summed E-state index contributed by atoms with van der Waals surface area (Å²) in [6.07, 6.45) is 12.7. The fourth-order valence-corrected chi connectivity index (χ4v) is 4.54. The van der Waals surface area contributed by atoms with E-state index in [2.05, 4.69) is 6.92 Å². The summed E-state index contributed by atoms with van der Waals surface area (Å²) < 4.78 is 33.2. The molecule has 0 heterocycles. The van der Waals surface area contributed by atoms with Crippen LogP contribution >= 0.6 is 0 Å². The lowest BCUT2D eigenvalue weighted by atomic mass is 9.77. The van der Waals surface area contributed by atoms with Crippen molar-refractivity contribution >= 4 is 10.1 Å². The van der Waals surface area contributed by atoms with Crippen molar-refractivity contribution in [2.75, 3.05) is 0 Å². The minimum Gasteiger partial charge on any atom is -0.310 e. The van der Waals surface area contributed by atoms with E-state index in [9.17, 15) is 13.0 Å². The monoisotopic (exact) mass is 349 g/mol. The van der Waals surface area contributed by atoms with Crippen LogP contribution in [0.2, 0.25) is 0 Å². The van der Waals surface area contributed by atoms with Gasteiger partial charge in [0.05, 0.1) is 0 Å². The molecule has 1 unspecified atom stereocenters. The highest BCUT2D eigenvalue weighted by Gasteiger charge is 2.50. The summed E-state index contributed by atoms with van der Waals surface area (Å²) in [5.74, 6) is 0. The van der Waals surface area contributed by atoms with Gasteiger partial charge in [-0.15, -0.1) is 0 Å². The molecule has 0 spiro atoms. The molecule has 5 heteroatoms. The molecule has 0 aliphatic rings. The second-order valence-corrected chi connectivity index (χ2v) is 9.26. The molecule has 0 fully saturated rings. The first kappa shape index (κ1) is 22.9. The predicted octanol–water partition coefficient (Wildman–Crippen LogP) is 5.28. The molecule has 0 amide bonds. The van der Waals surface area contributed by atoms with Crippen LogP contribution in [0.25, 0.3) is 0 Å². The van der Waals surface area contributed by atoms with Crippen LogP contribution in [0.15, 0.2) is 0 Å². The smallest absolute Gasteiger partial charge is 0.284 e. The van der Waals surface area contributed by atoms with E-state index in [1.807, 2.05) is 20.8 Å². The average molecular weight is 350 g/mol. The van der Waals surface area contributed by atoms with Crippen molar-refractivity contribution < 1.29 is 13.0 Å². The zero-order valence-corrected chi connectivity index (χ0v) is 16.6. The SMILES string of the molecule is CCCCCCCCCCCC(C)(C)C(N)(CCC)S(=O)(=O)O. The molecule has 23 heavy (non-hydrogen) atoms. The van der Waals surface area contributed by atoms with E-state index in [4.69, 9.17) is 5.73 Å². The molecule has 0 bridgehead atoms. The zero-order chi connectivity index (χ0) is 18.0. The Balaban J connectivity index is 4.21. The van der Waals surface area contributed by atoms with Crippen molar-refractivity contribution in [3.05, 3.63) is 0 Å². The summed E-state index contributed by atoms with van der Waals surface area (Å²) in [5.41, 5.74) is 5.51. The van der Waals surface area contributed by atoms with Crippen molar-refractivity contribution in [1.29, 1.82) is 0 Å². The lowest BCUT2D eigenvalue weighted by molar-refractivity contribution is 0.190. The Morgan fingerprint density at radius 1 is 0.783 bits per heavy atom. The molecule has 0 aliphatic heterocycles. The Morgan fingerprint density at radius 2 is 1.22 bits per heavy atom. The van der Waals surface area contributed by atoms with Gasteiger partial charge in [-0.25, -0.2) is 0 Å². The Bertz CT molecular complexity index is 406. The standard InChI is InChI=1S/C18H39NO3S/c1-5-7-8-9-10-11-12-13-14-16-17(3,4)18(19,15-6-2)23(20,21)22/h5-16,19H2,1-4H3,(H,20,21,22). The fraction of sp³-hybridized carbons (Fsp3) is 1.00. The highest BCUT2D eigenvalue weighted by Crippen LogP contribution is 2.40. The molecule has 0 saturated carbocycles. The van der Waals surface area contributed by atoms with Crippen LogP contribution in [0.1, 0.15) is 105 Å². The molecule has 4 nitrogen and oxygen atoms in total. The summed E-state index contributed by atoms with van der Waals surface area (Å²) in [4.78, 5) is -1.55. The molecular weight excluding hydrogens is 310 g/mol. The fourth-order valence-electron chi connectivity index (χ4n) is 3.28. The van der Waals surface area contributed by atoms with Crippen LogP contribution in [0, 0.1) is 5.41 Å². The topological polar surface area (TPSA) is 80.4 Å². The summed E-state index contributed by atoms with van der Waals surface area (Å²) in [6, 6.07) is 0. The van der Waals surface area contributed by atoms with Gasteiger partial charge in [0.15, 0.2) is 0 Å². The molecule has 0 aromatic heterocycles. The molecule has 0 aromatic carbocycles. The van der Waals surface area contributed by atoms with Gasteiger partial charge in [0.1, 0.15) is 4.87 Å². The molecule has 1 atom stereocenters. The quantitative estimate of drug-likeness (QED) is 0.330. The van der Waals surface area contributed by atoms with Gasteiger partial charge in [-0.3, -0.25) is 4.55 Å². The van der Waals surface area contributed by atoms with Gasteiger partial charge in [0.2, 0.25) is 0 Å². The molecule has 0 rings (SSSR count). The van der Waals surface area contributed by atoms with Gasteiger partial charge < -0.3 is 5.73 Å². The first-order chi connectivity index (χ1) is 10.6. The molecular formula is C18H39NO3S. The van der Waals surface area contributed by atoms with Crippen LogP contribution in [0.3, 0.4) is 0 Å². The maximum atomic E-state index is 11.8. The van der Waals surface area contributed by atoms with Gasteiger partial charge in [-0.1, -0.05) is 91.9 Å². The molecule has 0 radical (unpaired) electrons. The van der Waals surface area contributed by atoms with E-state index < -0.39 is 20.4 Å². The van der Waals surface area contributed by atoms with Crippen LogP contribution in [0.5, 0.6) is 0 Å². The van der Waals surface area contributed by atoms with E-state index >= 15 is 0 Å². The molecule has 0 aliphatic carbocycles. The lowest BCUT2D eigenvalue weighted by Gasteiger charge is -2.41. The molecule has 140 valence electrons. The predicted molar refractivity (Wildman–Crippen MR) is 99.0 cm³/mol. The third kappa shape index (κ3) is 7.53. The summed E-state index contributed by atoms with van der Waals surface area (Å²) in [5, 5.41) is 0. The number of rotatable bonds is 14. The van der Waals surface area contributed by atoms with Crippen molar-refractivity contribution in [2.24, 2.45) is 11.1 Å². The van der Waals surface area contributed by atoms with E-state index in [1.54, 1.807) is 0 Å². The Morgan fingerprint density at radius 3 is 1.61 bits per heavy atom. The van der Waals surface area contributed by atoms with Gasteiger partial charge in [-0.05, 0) is 18.3 Å².